The zero-order valence-electron chi connectivity index (χ0n) is 52.2. The predicted molar refractivity (Wildman–Crippen MR) is 354 cm³/mol. The van der Waals surface area contributed by atoms with Crippen LogP contribution < -0.4 is 18.9 Å². The van der Waals surface area contributed by atoms with Crippen LogP contribution in [0.3, 0.4) is 0 Å². The van der Waals surface area contributed by atoms with Crippen molar-refractivity contribution in [1.29, 1.82) is 0 Å². The summed E-state index contributed by atoms with van der Waals surface area (Å²) in [4.78, 5) is 0. The largest absolute Gasteiger partial charge is 0.494 e. The molecule has 82 heavy (non-hydrogen) atoms. The highest BCUT2D eigenvalue weighted by molar-refractivity contribution is 5.76. The van der Waals surface area contributed by atoms with Crippen molar-refractivity contribution in [1.82, 2.24) is 0 Å². The van der Waals surface area contributed by atoms with Gasteiger partial charge in [0, 0.05) is 0 Å². The molecule has 0 atom stereocenters. The van der Waals surface area contributed by atoms with Crippen LogP contribution in [0.4, 0.5) is 0 Å². The molecule has 6 aromatic rings. The van der Waals surface area contributed by atoms with Gasteiger partial charge in [0.25, 0.3) is 0 Å². The highest BCUT2D eigenvalue weighted by atomic mass is 16.5. The maximum absolute atomic E-state index is 6.30. The fraction of sp³-hybridized carbons (Fsp3) is 0.538. The summed E-state index contributed by atoms with van der Waals surface area (Å²) in [6.45, 7) is 12.2. The van der Waals surface area contributed by atoms with Gasteiger partial charge in [-0.3, -0.25) is 0 Å². The Kier molecular flexibility index (Phi) is 33.2. The van der Waals surface area contributed by atoms with Crippen LogP contribution in [0.25, 0.3) is 44.5 Å². The number of aryl methyl sites for hydroxylation is 2. The van der Waals surface area contributed by atoms with Crippen LogP contribution in [-0.2, 0) is 12.8 Å². The van der Waals surface area contributed by atoms with Crippen molar-refractivity contribution in [2.45, 2.75) is 246 Å². The number of unbranched alkanes of at least 4 members (excludes halogenated alkanes) is 28. The molecule has 0 aromatic heterocycles. The summed E-state index contributed by atoms with van der Waals surface area (Å²) in [6, 6.07) is 49.4. The molecule has 4 heteroatoms. The van der Waals surface area contributed by atoms with Crippen LogP contribution in [0, 0.1) is 0 Å². The monoisotopic (exact) mass is 1110 g/mol. The molecule has 6 rings (SSSR count). The summed E-state index contributed by atoms with van der Waals surface area (Å²) >= 11 is 0. The lowest BCUT2D eigenvalue weighted by molar-refractivity contribution is 0.304. The van der Waals surface area contributed by atoms with Gasteiger partial charge < -0.3 is 18.9 Å². The van der Waals surface area contributed by atoms with Gasteiger partial charge in [0.15, 0.2) is 0 Å². The molecule has 0 spiro atoms. The van der Waals surface area contributed by atoms with Gasteiger partial charge in [-0.25, -0.2) is 0 Å². The Bertz CT molecular complexity index is 2350. The van der Waals surface area contributed by atoms with Crippen molar-refractivity contribution in [3.8, 4) is 67.5 Å². The van der Waals surface area contributed by atoms with E-state index in [1.165, 1.54) is 235 Å². The summed E-state index contributed by atoms with van der Waals surface area (Å²) in [6.07, 6.45) is 43.3. The quantitative estimate of drug-likeness (QED) is 0.0357. The van der Waals surface area contributed by atoms with E-state index in [1.807, 2.05) is 0 Å². The molecule has 0 fully saturated rings. The van der Waals surface area contributed by atoms with Crippen molar-refractivity contribution in [3.63, 3.8) is 0 Å². The lowest BCUT2D eigenvalue weighted by Crippen LogP contribution is -2.00. The number of benzene rings is 6. The van der Waals surface area contributed by atoms with E-state index in [-0.39, 0.29) is 0 Å². The molecule has 0 saturated heterocycles. The Morgan fingerprint density at radius 3 is 0.659 bits per heavy atom. The molecule has 0 saturated carbocycles. The molecular formula is C78H110O4. The van der Waals surface area contributed by atoms with Gasteiger partial charge in [-0.1, -0.05) is 292 Å². The van der Waals surface area contributed by atoms with E-state index in [4.69, 9.17) is 18.9 Å². The first-order valence-corrected chi connectivity index (χ1v) is 33.8. The Labute approximate surface area is 500 Å². The average molecular weight is 1110 g/mol. The maximum atomic E-state index is 6.30. The highest BCUT2D eigenvalue weighted by Crippen LogP contribution is 2.36. The minimum Gasteiger partial charge on any atom is -0.494 e. The minimum absolute atomic E-state index is 0.769. The Hall–Kier alpha value is -5.48. The van der Waals surface area contributed by atoms with Gasteiger partial charge >= 0.3 is 0 Å². The van der Waals surface area contributed by atoms with Crippen molar-refractivity contribution < 1.29 is 18.9 Å². The molecule has 0 aliphatic rings. The molecule has 0 bridgehead atoms. The van der Waals surface area contributed by atoms with Crippen LogP contribution in [-0.4, -0.2) is 26.4 Å². The summed E-state index contributed by atoms with van der Waals surface area (Å²) in [5.74, 6) is 3.79. The van der Waals surface area contributed by atoms with Crippen molar-refractivity contribution in [2.24, 2.45) is 0 Å². The van der Waals surface area contributed by atoms with Crippen LogP contribution >= 0.6 is 0 Å². The van der Waals surface area contributed by atoms with E-state index in [0.29, 0.717) is 0 Å². The molecule has 0 N–H and O–H groups in total. The zero-order chi connectivity index (χ0) is 57.3. The van der Waals surface area contributed by atoms with Gasteiger partial charge in [-0.05, 0) is 143 Å². The van der Waals surface area contributed by atoms with Crippen molar-refractivity contribution in [3.05, 3.63) is 145 Å². The van der Waals surface area contributed by atoms with Gasteiger partial charge in [0.2, 0.25) is 0 Å². The maximum Gasteiger partial charge on any atom is 0.119 e. The average Bonchev–Trinajstić information content (AvgIpc) is 3.70. The highest BCUT2D eigenvalue weighted by Gasteiger charge is 2.14. The second-order valence-electron chi connectivity index (χ2n) is 23.6. The van der Waals surface area contributed by atoms with Gasteiger partial charge in [0.05, 0.1) is 26.4 Å². The standard InChI is InChI=1S/C78H110O4/c1-5-9-13-17-21-25-29-33-59-79-73-49-39-65(40-50-73)69-47-57-77(67-43-53-75(54-44-67)81-61-35-31-27-23-19-15-11-7-3)71(63-69)37-38-72-64-70(66-41-51-74(52-42-66)80-60-34-30-26-22-18-14-10-6-2)48-58-78(72)68-45-55-76(56-46-68)82-62-36-32-28-24-20-16-12-8-4/h39-58,63-64H,5-38,59-62H2,1-4H3. The molecule has 446 valence electrons. The third-order valence-electron chi connectivity index (χ3n) is 16.6. The summed E-state index contributed by atoms with van der Waals surface area (Å²) in [7, 11) is 0. The molecular weight excluding hydrogens is 1000 g/mol. The number of ether oxygens (including phenoxy) is 4. The first kappa shape index (κ1) is 65.7. The fourth-order valence-corrected chi connectivity index (χ4v) is 11.4. The Morgan fingerprint density at radius 2 is 0.415 bits per heavy atom. The molecule has 0 aliphatic heterocycles. The lowest BCUT2D eigenvalue weighted by Gasteiger charge is -2.17. The molecule has 0 aliphatic carbocycles. The van der Waals surface area contributed by atoms with Crippen molar-refractivity contribution >= 4 is 0 Å². The van der Waals surface area contributed by atoms with Crippen LogP contribution in [0.15, 0.2) is 133 Å². The summed E-state index contributed by atoms with van der Waals surface area (Å²) in [5.41, 5.74) is 12.5. The molecule has 0 heterocycles. The first-order valence-electron chi connectivity index (χ1n) is 33.8. The molecule has 6 aromatic carbocycles. The molecule has 0 radical (unpaired) electrons. The number of rotatable bonds is 47. The van der Waals surface area contributed by atoms with Crippen LogP contribution in [0.1, 0.15) is 244 Å². The van der Waals surface area contributed by atoms with Gasteiger partial charge in [-0.2, -0.15) is 0 Å². The second-order valence-corrected chi connectivity index (χ2v) is 23.6. The SMILES string of the molecule is CCCCCCCCCCOc1ccc(-c2ccc(-c3ccc(OCCCCCCCCCC)cc3)c(CCc3cc(-c4ccc(OCCCCCCCCCC)cc4)ccc3-c3ccc(OCCCCCCCCCC)cc3)c2)cc1. The van der Waals surface area contributed by atoms with Crippen LogP contribution in [0.5, 0.6) is 23.0 Å². The van der Waals surface area contributed by atoms with E-state index >= 15 is 0 Å². The lowest BCUT2D eigenvalue weighted by atomic mass is 9.88. The van der Waals surface area contributed by atoms with Crippen molar-refractivity contribution in [2.75, 3.05) is 26.4 Å². The second kappa shape index (κ2) is 41.5. The normalized spacial score (nSPS) is 11.3. The summed E-state index contributed by atoms with van der Waals surface area (Å²) in [5, 5.41) is 0. The van der Waals surface area contributed by atoms with E-state index in [9.17, 15) is 0 Å². The molecule has 0 amide bonds. The first-order chi connectivity index (χ1) is 40.6. The van der Waals surface area contributed by atoms with E-state index < -0.39 is 0 Å². The van der Waals surface area contributed by atoms with E-state index in [2.05, 4.69) is 161 Å². The molecule has 0 unspecified atom stereocenters. The Balaban J connectivity index is 1.19. The third-order valence-corrected chi connectivity index (χ3v) is 16.6. The number of hydrogen-bond donors (Lipinski definition) is 0. The van der Waals surface area contributed by atoms with Crippen LogP contribution in [0.2, 0.25) is 0 Å². The molecule has 4 nitrogen and oxygen atoms in total. The van der Waals surface area contributed by atoms with Gasteiger partial charge in [-0.15, -0.1) is 0 Å². The van der Waals surface area contributed by atoms with Gasteiger partial charge in [0.1, 0.15) is 23.0 Å². The third kappa shape index (κ3) is 25.6. The number of hydrogen-bond acceptors (Lipinski definition) is 4. The minimum atomic E-state index is 0.769. The predicted octanol–water partition coefficient (Wildman–Crippen LogP) is 24.2. The Morgan fingerprint density at radius 1 is 0.207 bits per heavy atom. The smallest absolute Gasteiger partial charge is 0.119 e. The zero-order valence-corrected chi connectivity index (χ0v) is 52.2. The van der Waals surface area contributed by atoms with E-state index in [0.717, 1.165) is 88.0 Å². The van der Waals surface area contributed by atoms with E-state index in [1.54, 1.807) is 0 Å². The fourth-order valence-electron chi connectivity index (χ4n) is 11.4. The summed E-state index contributed by atoms with van der Waals surface area (Å²) < 4.78 is 25.1. The topological polar surface area (TPSA) is 36.9 Å².